The number of imidazole rings is 1. The summed E-state index contributed by atoms with van der Waals surface area (Å²) in [7, 11) is 0. The lowest BCUT2D eigenvalue weighted by molar-refractivity contribution is 0.0966. The van der Waals surface area contributed by atoms with Crippen molar-refractivity contribution in [3.05, 3.63) is 65.4 Å². The molecule has 0 radical (unpaired) electrons. The number of carbonyl (C=O) groups is 1. The number of hydrogen-bond acceptors (Lipinski definition) is 4. The molecule has 3 N–H and O–H groups in total. The summed E-state index contributed by atoms with van der Waals surface area (Å²) in [6.45, 7) is 6.70. The second-order valence-electron chi connectivity index (χ2n) is 6.43. The summed E-state index contributed by atoms with van der Waals surface area (Å²) in [5.74, 6) is 0.534. The van der Waals surface area contributed by atoms with E-state index in [1.54, 1.807) is 12.3 Å². The molecule has 3 rings (SSSR count). The van der Waals surface area contributed by atoms with E-state index in [1.807, 2.05) is 38.2 Å². The molecule has 0 aliphatic carbocycles. The van der Waals surface area contributed by atoms with Gasteiger partial charge in [-0.1, -0.05) is 31.6 Å². The zero-order valence-electron chi connectivity index (χ0n) is 16.0. The van der Waals surface area contributed by atoms with Gasteiger partial charge in [-0.2, -0.15) is 0 Å². The molecule has 6 heteroatoms. The summed E-state index contributed by atoms with van der Waals surface area (Å²) < 4.78 is 0. The summed E-state index contributed by atoms with van der Waals surface area (Å²) in [5, 5.41) is 6.16. The van der Waals surface area contributed by atoms with Crippen LogP contribution in [0.5, 0.6) is 0 Å². The van der Waals surface area contributed by atoms with Crippen molar-refractivity contribution in [2.45, 2.75) is 33.6 Å². The average molecular weight is 363 g/mol. The summed E-state index contributed by atoms with van der Waals surface area (Å²) in [5.41, 5.74) is 4.59. The van der Waals surface area contributed by atoms with Crippen molar-refractivity contribution in [1.29, 1.82) is 0 Å². The van der Waals surface area contributed by atoms with Gasteiger partial charge < -0.3 is 15.6 Å². The molecule has 2 aromatic heterocycles. The Morgan fingerprint density at radius 1 is 1.37 bits per heavy atom. The Hall–Kier alpha value is -3.15. The molecule has 0 saturated heterocycles. The molecule has 0 atom stereocenters. The number of fused-ring (bicyclic) bond motifs is 1. The second kappa shape index (κ2) is 8.49. The first kappa shape index (κ1) is 18.6. The predicted molar refractivity (Wildman–Crippen MR) is 109 cm³/mol. The summed E-state index contributed by atoms with van der Waals surface area (Å²) >= 11 is 0. The fourth-order valence-corrected chi connectivity index (χ4v) is 2.80. The number of allylic oxidation sites excluding steroid dienone is 7. The SMILES string of the molecule is C/C=C(\C=C/CCC)c1nc2nccc(C(=O)NC3=CC=C(C)NC3)c2[nH]1. The van der Waals surface area contributed by atoms with E-state index >= 15 is 0 Å². The number of hydrogen-bond donors (Lipinski definition) is 3. The number of dihydropyridines is 1. The molecule has 27 heavy (non-hydrogen) atoms. The minimum atomic E-state index is -0.179. The van der Waals surface area contributed by atoms with Gasteiger partial charge in [0, 0.05) is 23.2 Å². The summed E-state index contributed by atoms with van der Waals surface area (Å²) in [4.78, 5) is 24.9. The van der Waals surface area contributed by atoms with Crippen LogP contribution < -0.4 is 10.6 Å². The van der Waals surface area contributed by atoms with Crippen LogP contribution in [0.3, 0.4) is 0 Å². The van der Waals surface area contributed by atoms with Crippen LogP contribution in [-0.2, 0) is 0 Å². The van der Waals surface area contributed by atoms with Crippen LogP contribution in [-0.4, -0.2) is 27.4 Å². The topological polar surface area (TPSA) is 82.7 Å². The van der Waals surface area contributed by atoms with Crippen LogP contribution in [0.4, 0.5) is 0 Å². The second-order valence-corrected chi connectivity index (χ2v) is 6.43. The Bertz CT molecular complexity index is 962. The Morgan fingerprint density at radius 3 is 2.93 bits per heavy atom. The van der Waals surface area contributed by atoms with Crippen LogP contribution in [0.15, 0.2) is 54.0 Å². The van der Waals surface area contributed by atoms with E-state index in [1.165, 1.54) is 0 Å². The minimum absolute atomic E-state index is 0.179. The first-order valence-corrected chi connectivity index (χ1v) is 9.23. The highest BCUT2D eigenvalue weighted by Gasteiger charge is 2.16. The maximum Gasteiger partial charge on any atom is 0.257 e. The smallest absolute Gasteiger partial charge is 0.257 e. The van der Waals surface area contributed by atoms with Crippen LogP contribution in [0, 0.1) is 0 Å². The maximum absolute atomic E-state index is 12.8. The highest BCUT2D eigenvalue weighted by atomic mass is 16.1. The molecule has 0 saturated carbocycles. The quantitative estimate of drug-likeness (QED) is 0.681. The van der Waals surface area contributed by atoms with Crippen molar-refractivity contribution >= 4 is 22.6 Å². The fraction of sp³-hybridized carbons (Fsp3) is 0.286. The molecule has 1 aliphatic heterocycles. The van der Waals surface area contributed by atoms with Gasteiger partial charge in [0.2, 0.25) is 0 Å². The van der Waals surface area contributed by atoms with E-state index in [-0.39, 0.29) is 5.91 Å². The molecule has 0 unspecified atom stereocenters. The Labute approximate surface area is 159 Å². The van der Waals surface area contributed by atoms with Crippen molar-refractivity contribution < 1.29 is 4.79 Å². The van der Waals surface area contributed by atoms with Gasteiger partial charge in [0.05, 0.1) is 17.6 Å². The fourth-order valence-electron chi connectivity index (χ4n) is 2.80. The van der Waals surface area contributed by atoms with Gasteiger partial charge in [-0.05, 0) is 38.5 Å². The molecule has 0 fully saturated rings. The molecule has 3 heterocycles. The van der Waals surface area contributed by atoms with Crippen molar-refractivity contribution in [2.24, 2.45) is 0 Å². The zero-order chi connectivity index (χ0) is 19.2. The molecule has 0 bridgehead atoms. The van der Waals surface area contributed by atoms with E-state index in [4.69, 9.17) is 0 Å². The van der Waals surface area contributed by atoms with Gasteiger partial charge in [-0.25, -0.2) is 9.97 Å². The van der Waals surface area contributed by atoms with Crippen LogP contribution >= 0.6 is 0 Å². The molecule has 6 nitrogen and oxygen atoms in total. The third-order valence-corrected chi connectivity index (χ3v) is 4.34. The van der Waals surface area contributed by atoms with Gasteiger partial charge in [0.25, 0.3) is 5.91 Å². The minimum Gasteiger partial charge on any atom is -0.383 e. The van der Waals surface area contributed by atoms with Gasteiger partial charge in [0.1, 0.15) is 5.82 Å². The van der Waals surface area contributed by atoms with E-state index in [0.29, 0.717) is 29.1 Å². The lowest BCUT2D eigenvalue weighted by Gasteiger charge is -2.15. The zero-order valence-corrected chi connectivity index (χ0v) is 16.0. The third-order valence-electron chi connectivity index (χ3n) is 4.34. The lowest BCUT2D eigenvalue weighted by atomic mass is 10.2. The van der Waals surface area contributed by atoms with Crippen LogP contribution in [0.2, 0.25) is 0 Å². The first-order valence-electron chi connectivity index (χ1n) is 9.23. The van der Waals surface area contributed by atoms with E-state index in [0.717, 1.165) is 29.8 Å². The van der Waals surface area contributed by atoms with Crippen LogP contribution in [0.1, 0.15) is 49.8 Å². The average Bonchev–Trinajstić information content (AvgIpc) is 3.11. The first-order chi connectivity index (χ1) is 13.1. The Morgan fingerprint density at radius 2 is 2.22 bits per heavy atom. The largest absolute Gasteiger partial charge is 0.383 e. The van der Waals surface area contributed by atoms with E-state index in [9.17, 15) is 4.79 Å². The molecular weight excluding hydrogens is 338 g/mol. The number of unbranched alkanes of at least 4 members (excludes halogenated alkanes) is 1. The Balaban J connectivity index is 1.89. The number of aromatic amines is 1. The highest BCUT2D eigenvalue weighted by Crippen LogP contribution is 2.20. The molecule has 140 valence electrons. The molecule has 0 spiro atoms. The normalized spacial score (nSPS) is 14.9. The predicted octanol–water partition coefficient (Wildman–Crippen LogP) is 3.84. The highest BCUT2D eigenvalue weighted by molar-refractivity contribution is 6.05. The van der Waals surface area contributed by atoms with Gasteiger partial charge in [-0.15, -0.1) is 0 Å². The third kappa shape index (κ3) is 4.34. The molecule has 1 amide bonds. The Kier molecular flexibility index (Phi) is 5.86. The number of amides is 1. The maximum atomic E-state index is 12.8. The van der Waals surface area contributed by atoms with E-state index in [2.05, 4.69) is 38.6 Å². The number of nitrogens with zero attached hydrogens (tertiary/aromatic N) is 2. The molecule has 0 aromatic carbocycles. The van der Waals surface area contributed by atoms with Gasteiger partial charge >= 0.3 is 0 Å². The summed E-state index contributed by atoms with van der Waals surface area (Å²) in [6, 6.07) is 1.71. The number of rotatable bonds is 6. The van der Waals surface area contributed by atoms with Gasteiger partial charge in [0.15, 0.2) is 5.65 Å². The molecular formula is C21H25N5O. The van der Waals surface area contributed by atoms with Crippen molar-refractivity contribution in [2.75, 3.05) is 6.54 Å². The van der Waals surface area contributed by atoms with Crippen molar-refractivity contribution in [3.8, 4) is 0 Å². The van der Waals surface area contributed by atoms with Crippen molar-refractivity contribution in [1.82, 2.24) is 25.6 Å². The number of H-pyrrole nitrogens is 1. The molecule has 1 aliphatic rings. The lowest BCUT2D eigenvalue weighted by Crippen LogP contribution is -2.31. The number of carbonyl (C=O) groups excluding carboxylic acids is 1. The number of pyridine rings is 1. The number of aromatic nitrogens is 3. The number of nitrogens with one attached hydrogen (secondary N) is 3. The van der Waals surface area contributed by atoms with E-state index < -0.39 is 0 Å². The monoisotopic (exact) mass is 363 g/mol. The molecule has 2 aromatic rings. The van der Waals surface area contributed by atoms with Crippen molar-refractivity contribution in [3.63, 3.8) is 0 Å². The van der Waals surface area contributed by atoms with Gasteiger partial charge in [-0.3, -0.25) is 4.79 Å². The summed E-state index contributed by atoms with van der Waals surface area (Å²) in [6.07, 6.45) is 13.8. The standard InChI is InChI=1S/C21H25N5O/c1-4-6-7-8-15(5-2)19-25-18-17(11-12-22-20(18)26-19)21(27)24-16-10-9-14(3)23-13-16/h5,7-12,23H,4,6,13H2,1-3H3,(H,24,27)(H,22,25,26)/b8-7-,15-5+. The van der Waals surface area contributed by atoms with Crippen LogP contribution in [0.25, 0.3) is 16.7 Å².